The van der Waals surface area contributed by atoms with Gasteiger partial charge in [0.25, 0.3) is 0 Å². The van der Waals surface area contributed by atoms with Crippen LogP contribution in [-0.4, -0.2) is 6.41 Å². The van der Waals surface area contributed by atoms with Gasteiger partial charge in [0.2, 0.25) is 6.41 Å². The van der Waals surface area contributed by atoms with Gasteiger partial charge in [-0.05, 0) is 0 Å². The van der Waals surface area contributed by atoms with E-state index in [0.717, 1.165) is 0 Å². The van der Waals surface area contributed by atoms with Crippen molar-refractivity contribution in [2.75, 3.05) is 5.32 Å². The standard InChI is InChI=1S/C7H4F3NO/c8-4-1-5(9)7(10)6(2-4)11-3-12/h1-3H,(H,11,12). The van der Waals surface area contributed by atoms with Crippen LogP contribution in [0.5, 0.6) is 0 Å². The zero-order valence-electron chi connectivity index (χ0n) is 5.77. The second-order valence-electron chi connectivity index (χ2n) is 2.01. The monoisotopic (exact) mass is 175 g/mol. The molecular formula is C7H4F3NO. The summed E-state index contributed by atoms with van der Waals surface area (Å²) < 4.78 is 37.4. The van der Waals surface area contributed by atoms with Crippen LogP contribution >= 0.6 is 0 Å². The van der Waals surface area contributed by atoms with Crippen molar-refractivity contribution in [1.29, 1.82) is 0 Å². The van der Waals surface area contributed by atoms with E-state index in [0.29, 0.717) is 12.1 Å². The first kappa shape index (κ1) is 8.58. The normalized spacial score (nSPS) is 9.58. The quantitative estimate of drug-likeness (QED) is 0.537. The molecule has 5 heteroatoms. The van der Waals surface area contributed by atoms with Gasteiger partial charge in [0, 0.05) is 12.1 Å². The summed E-state index contributed by atoms with van der Waals surface area (Å²) in [7, 11) is 0. The molecule has 2 nitrogen and oxygen atoms in total. The maximum Gasteiger partial charge on any atom is 0.211 e. The number of halogens is 3. The van der Waals surface area contributed by atoms with E-state index in [2.05, 4.69) is 0 Å². The number of nitrogens with one attached hydrogen (secondary N) is 1. The van der Waals surface area contributed by atoms with Crippen molar-refractivity contribution in [2.45, 2.75) is 0 Å². The average Bonchev–Trinajstić information content (AvgIpc) is 2.00. The van der Waals surface area contributed by atoms with Gasteiger partial charge < -0.3 is 5.32 Å². The van der Waals surface area contributed by atoms with Crippen LogP contribution in [0.3, 0.4) is 0 Å². The highest BCUT2D eigenvalue weighted by atomic mass is 19.2. The number of anilines is 1. The molecule has 0 bridgehead atoms. The smallest absolute Gasteiger partial charge is 0.211 e. The highest BCUT2D eigenvalue weighted by Crippen LogP contribution is 2.17. The molecule has 0 aliphatic rings. The summed E-state index contributed by atoms with van der Waals surface area (Å²) in [6.45, 7) is 0. The summed E-state index contributed by atoms with van der Waals surface area (Å²) in [5.74, 6) is -3.55. The van der Waals surface area contributed by atoms with Crippen molar-refractivity contribution in [3.8, 4) is 0 Å². The minimum atomic E-state index is -1.33. The fourth-order valence-electron chi connectivity index (χ4n) is 0.725. The molecule has 64 valence electrons. The van der Waals surface area contributed by atoms with Crippen LogP contribution < -0.4 is 5.32 Å². The lowest BCUT2D eigenvalue weighted by Gasteiger charge is -2.00. The van der Waals surface area contributed by atoms with Crippen LogP contribution in [0.1, 0.15) is 0 Å². The summed E-state index contributed by atoms with van der Waals surface area (Å²) in [6.07, 6.45) is 0.136. The SMILES string of the molecule is O=CNc1cc(F)cc(F)c1F. The minimum Gasteiger partial charge on any atom is -0.326 e. The summed E-state index contributed by atoms with van der Waals surface area (Å²) in [5.41, 5.74) is -0.512. The van der Waals surface area contributed by atoms with Crippen LogP contribution in [0, 0.1) is 17.5 Å². The van der Waals surface area contributed by atoms with Crippen molar-refractivity contribution in [3.63, 3.8) is 0 Å². The molecular weight excluding hydrogens is 171 g/mol. The molecule has 0 fully saturated rings. The van der Waals surface area contributed by atoms with Gasteiger partial charge in [0.05, 0.1) is 5.69 Å². The topological polar surface area (TPSA) is 29.1 Å². The zero-order valence-corrected chi connectivity index (χ0v) is 5.77. The Labute approximate surface area is 66.0 Å². The van der Waals surface area contributed by atoms with E-state index in [1.807, 2.05) is 5.32 Å². The van der Waals surface area contributed by atoms with E-state index < -0.39 is 23.1 Å². The Kier molecular flexibility index (Phi) is 2.32. The van der Waals surface area contributed by atoms with E-state index in [9.17, 15) is 18.0 Å². The Balaban J connectivity index is 3.17. The second kappa shape index (κ2) is 3.25. The van der Waals surface area contributed by atoms with Gasteiger partial charge in [0.15, 0.2) is 11.6 Å². The molecule has 1 amide bonds. The van der Waals surface area contributed by atoms with Crippen LogP contribution in [0.4, 0.5) is 18.9 Å². The molecule has 0 radical (unpaired) electrons. The zero-order chi connectivity index (χ0) is 9.14. The van der Waals surface area contributed by atoms with Gasteiger partial charge in [-0.1, -0.05) is 0 Å². The van der Waals surface area contributed by atoms with E-state index in [1.165, 1.54) is 0 Å². The van der Waals surface area contributed by atoms with Gasteiger partial charge in [0.1, 0.15) is 5.82 Å². The summed E-state index contributed by atoms with van der Waals surface area (Å²) in [4.78, 5) is 9.83. The Hall–Kier alpha value is -1.52. The molecule has 0 saturated heterocycles. The van der Waals surface area contributed by atoms with E-state index >= 15 is 0 Å². The molecule has 0 atom stereocenters. The van der Waals surface area contributed by atoms with Crippen molar-refractivity contribution in [2.24, 2.45) is 0 Å². The number of amides is 1. The van der Waals surface area contributed by atoms with Gasteiger partial charge in [-0.15, -0.1) is 0 Å². The van der Waals surface area contributed by atoms with Crippen molar-refractivity contribution < 1.29 is 18.0 Å². The molecule has 0 aliphatic carbocycles. The molecule has 12 heavy (non-hydrogen) atoms. The predicted molar refractivity (Wildman–Crippen MR) is 36.0 cm³/mol. The molecule has 0 unspecified atom stereocenters. The largest absolute Gasteiger partial charge is 0.326 e. The molecule has 0 spiro atoms. The lowest BCUT2D eigenvalue weighted by atomic mass is 10.3. The summed E-state index contributed by atoms with van der Waals surface area (Å²) in [6, 6.07) is 1.08. The fourth-order valence-corrected chi connectivity index (χ4v) is 0.725. The first-order chi connectivity index (χ1) is 5.65. The number of benzene rings is 1. The lowest BCUT2D eigenvalue weighted by Crippen LogP contribution is -2.00. The predicted octanol–water partition coefficient (Wildman–Crippen LogP) is 1.67. The highest BCUT2D eigenvalue weighted by molar-refractivity contribution is 5.71. The molecule has 0 aliphatic heterocycles. The third-order valence-electron chi connectivity index (χ3n) is 1.21. The summed E-state index contributed by atoms with van der Waals surface area (Å²) >= 11 is 0. The third kappa shape index (κ3) is 1.55. The molecule has 0 aromatic heterocycles. The molecule has 0 saturated carbocycles. The van der Waals surface area contributed by atoms with Crippen molar-refractivity contribution >= 4 is 12.1 Å². The molecule has 1 rings (SSSR count). The molecule has 0 heterocycles. The fraction of sp³-hybridized carbons (Fsp3) is 0. The number of hydrogen-bond acceptors (Lipinski definition) is 1. The lowest BCUT2D eigenvalue weighted by molar-refractivity contribution is -0.105. The molecule has 1 aromatic carbocycles. The van der Waals surface area contributed by atoms with Gasteiger partial charge >= 0.3 is 0 Å². The molecule has 1 aromatic rings. The Morgan fingerprint density at radius 1 is 1.25 bits per heavy atom. The summed E-state index contributed by atoms with van der Waals surface area (Å²) in [5, 5.41) is 1.82. The van der Waals surface area contributed by atoms with Crippen LogP contribution in [-0.2, 0) is 4.79 Å². The van der Waals surface area contributed by atoms with Crippen molar-refractivity contribution in [1.82, 2.24) is 0 Å². The second-order valence-corrected chi connectivity index (χ2v) is 2.01. The van der Waals surface area contributed by atoms with Gasteiger partial charge in [-0.2, -0.15) is 0 Å². The van der Waals surface area contributed by atoms with Crippen LogP contribution in [0.25, 0.3) is 0 Å². The highest BCUT2D eigenvalue weighted by Gasteiger charge is 2.09. The van der Waals surface area contributed by atoms with Gasteiger partial charge in [-0.3, -0.25) is 4.79 Å². The number of rotatable bonds is 2. The van der Waals surface area contributed by atoms with Crippen molar-refractivity contribution in [3.05, 3.63) is 29.6 Å². The third-order valence-corrected chi connectivity index (χ3v) is 1.21. The Morgan fingerprint density at radius 3 is 2.50 bits per heavy atom. The Morgan fingerprint density at radius 2 is 1.92 bits per heavy atom. The number of hydrogen-bond donors (Lipinski definition) is 1. The average molecular weight is 175 g/mol. The van der Waals surface area contributed by atoms with Crippen LogP contribution in [0.15, 0.2) is 12.1 Å². The minimum absolute atomic E-state index is 0.136. The first-order valence-corrected chi connectivity index (χ1v) is 3.00. The number of carbonyl (C=O) groups excluding carboxylic acids is 1. The maximum atomic E-state index is 12.6. The van der Waals surface area contributed by atoms with E-state index in [4.69, 9.17) is 0 Å². The Bertz CT molecular complexity index is 314. The maximum absolute atomic E-state index is 12.6. The van der Waals surface area contributed by atoms with E-state index in [1.54, 1.807) is 0 Å². The van der Waals surface area contributed by atoms with Crippen LogP contribution in [0.2, 0.25) is 0 Å². The first-order valence-electron chi connectivity index (χ1n) is 3.00. The number of carbonyl (C=O) groups is 1. The van der Waals surface area contributed by atoms with Gasteiger partial charge in [-0.25, -0.2) is 13.2 Å². The molecule has 1 N–H and O–H groups in total. The van der Waals surface area contributed by atoms with E-state index in [-0.39, 0.29) is 6.41 Å².